The summed E-state index contributed by atoms with van der Waals surface area (Å²) in [6, 6.07) is 2.11. The van der Waals surface area contributed by atoms with Crippen LogP contribution in [0.25, 0.3) is 11.0 Å². The number of primary amides is 1. The van der Waals surface area contributed by atoms with Crippen LogP contribution in [0.4, 0.5) is 5.69 Å². The number of rotatable bonds is 4. The van der Waals surface area contributed by atoms with Crippen LogP contribution in [0, 0.1) is 17.8 Å². The first-order valence-electron chi connectivity index (χ1n) is 8.76. The molecule has 0 aromatic carbocycles. The van der Waals surface area contributed by atoms with Crippen LogP contribution < -0.4 is 11.1 Å². The molecule has 7 nitrogen and oxygen atoms in total. The fourth-order valence-electron chi connectivity index (χ4n) is 4.72. The third-order valence-corrected chi connectivity index (χ3v) is 5.69. The number of anilines is 1. The van der Waals surface area contributed by atoms with Gasteiger partial charge in [0.15, 0.2) is 0 Å². The van der Waals surface area contributed by atoms with Crippen molar-refractivity contribution >= 4 is 28.6 Å². The topological polar surface area (TPSA) is 121 Å². The van der Waals surface area contributed by atoms with E-state index in [0.717, 1.165) is 48.8 Å². The third-order valence-electron chi connectivity index (χ3n) is 5.69. The Kier molecular flexibility index (Phi) is 3.86. The standard InChI is InChI=1S/C18H22N4O3/c19-16(23)14-8-21-17-13(1-2-20-17)15(14)22-12-6-9-3-10(7-12)5-11(4-9)18(24)25/h1-2,8-12H,3-7H2,(H2,19,23)(H,24,25)(H2,20,21,22)/t9-,10+,11?,12?. The number of amides is 1. The minimum Gasteiger partial charge on any atom is -0.481 e. The first-order chi connectivity index (χ1) is 12.0. The molecule has 7 heteroatoms. The Balaban J connectivity index is 1.58. The lowest BCUT2D eigenvalue weighted by Crippen LogP contribution is -2.39. The van der Waals surface area contributed by atoms with Crippen LogP contribution in [0.5, 0.6) is 0 Å². The van der Waals surface area contributed by atoms with Gasteiger partial charge < -0.3 is 21.1 Å². The molecule has 2 aliphatic rings. The second-order valence-electron chi connectivity index (χ2n) is 7.44. The van der Waals surface area contributed by atoms with Crippen molar-refractivity contribution in [3.8, 4) is 0 Å². The number of carboxylic acids is 1. The number of pyridine rings is 1. The number of aromatic amines is 1. The smallest absolute Gasteiger partial charge is 0.306 e. The Bertz CT molecular complexity index is 817. The molecule has 5 N–H and O–H groups in total. The second kappa shape index (κ2) is 6.06. The van der Waals surface area contributed by atoms with E-state index in [-0.39, 0.29) is 12.0 Å². The van der Waals surface area contributed by atoms with Gasteiger partial charge in [0.2, 0.25) is 0 Å². The average Bonchev–Trinajstić information content (AvgIpc) is 3.03. The Hall–Kier alpha value is -2.57. The largest absolute Gasteiger partial charge is 0.481 e. The van der Waals surface area contributed by atoms with Crippen molar-refractivity contribution in [2.24, 2.45) is 23.5 Å². The van der Waals surface area contributed by atoms with E-state index in [0.29, 0.717) is 17.4 Å². The first kappa shape index (κ1) is 15.9. The van der Waals surface area contributed by atoms with Crippen molar-refractivity contribution in [1.82, 2.24) is 9.97 Å². The maximum Gasteiger partial charge on any atom is 0.306 e. The summed E-state index contributed by atoms with van der Waals surface area (Å²) in [5.41, 5.74) is 7.37. The first-order valence-corrected chi connectivity index (χ1v) is 8.76. The van der Waals surface area contributed by atoms with Crippen LogP contribution in [0.15, 0.2) is 18.5 Å². The summed E-state index contributed by atoms with van der Waals surface area (Å²) in [6.07, 6.45) is 7.76. The normalized spacial score (nSPS) is 28.6. The number of carbonyl (C=O) groups excluding carboxylic acids is 1. The molecule has 4 atom stereocenters. The van der Waals surface area contributed by atoms with Gasteiger partial charge in [-0.3, -0.25) is 9.59 Å². The van der Waals surface area contributed by atoms with Crippen molar-refractivity contribution < 1.29 is 14.7 Å². The Morgan fingerprint density at radius 3 is 2.56 bits per heavy atom. The van der Waals surface area contributed by atoms with E-state index in [1.807, 2.05) is 6.07 Å². The van der Waals surface area contributed by atoms with Crippen LogP contribution >= 0.6 is 0 Å². The Morgan fingerprint density at radius 2 is 1.92 bits per heavy atom. The van der Waals surface area contributed by atoms with Crippen LogP contribution in [0.2, 0.25) is 0 Å². The summed E-state index contributed by atoms with van der Waals surface area (Å²) in [5, 5.41) is 13.7. The van der Waals surface area contributed by atoms with Gasteiger partial charge in [-0.1, -0.05) is 0 Å². The number of nitrogens with zero attached hydrogens (tertiary/aromatic N) is 1. The molecule has 2 fully saturated rings. The van der Waals surface area contributed by atoms with E-state index in [9.17, 15) is 14.7 Å². The molecule has 2 aliphatic carbocycles. The molecule has 2 saturated carbocycles. The summed E-state index contributed by atoms with van der Waals surface area (Å²) in [7, 11) is 0. The maximum atomic E-state index is 11.8. The van der Waals surface area contributed by atoms with Gasteiger partial charge in [-0.25, -0.2) is 4.98 Å². The van der Waals surface area contributed by atoms with Crippen molar-refractivity contribution in [3.63, 3.8) is 0 Å². The molecule has 0 radical (unpaired) electrons. The minimum absolute atomic E-state index is 0.205. The number of carbonyl (C=O) groups is 2. The number of hydrogen-bond donors (Lipinski definition) is 4. The number of H-pyrrole nitrogens is 1. The molecule has 0 saturated heterocycles. The number of hydrogen-bond acceptors (Lipinski definition) is 4. The van der Waals surface area contributed by atoms with Gasteiger partial charge in [0.25, 0.3) is 5.91 Å². The zero-order valence-corrected chi connectivity index (χ0v) is 13.9. The SMILES string of the molecule is NC(=O)c1cnc2[nH]ccc2c1NC1C[C@@H]2CC(C(=O)O)C[C@H](C1)C2. The molecular formula is C18H22N4O3. The number of carboxylic acid groups (broad SMARTS) is 1. The number of nitrogens with two attached hydrogens (primary N) is 1. The van der Waals surface area contributed by atoms with Crippen LogP contribution in [-0.4, -0.2) is 33.0 Å². The Morgan fingerprint density at radius 1 is 1.20 bits per heavy atom. The summed E-state index contributed by atoms with van der Waals surface area (Å²) in [5.74, 6) is -0.526. The predicted molar refractivity (Wildman–Crippen MR) is 93.2 cm³/mol. The van der Waals surface area contributed by atoms with Gasteiger partial charge in [0, 0.05) is 23.8 Å². The Labute approximate surface area is 145 Å². The number of fused-ring (bicyclic) bond motifs is 3. The lowest BCUT2D eigenvalue weighted by atomic mass is 9.66. The van der Waals surface area contributed by atoms with Gasteiger partial charge in [-0.15, -0.1) is 0 Å². The summed E-state index contributed by atoms with van der Waals surface area (Å²) >= 11 is 0. The quantitative estimate of drug-likeness (QED) is 0.679. The van der Waals surface area contributed by atoms with E-state index in [1.54, 1.807) is 6.20 Å². The zero-order chi connectivity index (χ0) is 17.6. The number of aromatic nitrogens is 2. The van der Waals surface area contributed by atoms with Gasteiger partial charge in [-0.05, 0) is 50.0 Å². The predicted octanol–water partition coefficient (Wildman–Crippen LogP) is 2.35. The van der Waals surface area contributed by atoms with Crippen molar-refractivity contribution in [2.75, 3.05) is 5.32 Å². The van der Waals surface area contributed by atoms with E-state index >= 15 is 0 Å². The number of aliphatic carboxylic acids is 1. The highest BCUT2D eigenvalue weighted by molar-refractivity contribution is 6.05. The number of nitrogens with one attached hydrogen (secondary N) is 2. The monoisotopic (exact) mass is 342 g/mol. The highest BCUT2D eigenvalue weighted by Crippen LogP contribution is 2.44. The van der Waals surface area contributed by atoms with Crippen LogP contribution in [0.1, 0.15) is 42.5 Å². The molecule has 2 aromatic heterocycles. The minimum atomic E-state index is -0.666. The van der Waals surface area contributed by atoms with E-state index in [1.165, 1.54) is 6.20 Å². The second-order valence-corrected chi connectivity index (χ2v) is 7.44. The lowest BCUT2D eigenvalue weighted by molar-refractivity contribution is -0.144. The van der Waals surface area contributed by atoms with Gasteiger partial charge in [-0.2, -0.15) is 0 Å². The molecule has 1 amide bonds. The van der Waals surface area contributed by atoms with Gasteiger partial charge in [0.05, 0.1) is 17.2 Å². The molecule has 2 unspecified atom stereocenters. The highest BCUT2D eigenvalue weighted by atomic mass is 16.4. The molecule has 4 rings (SSSR count). The van der Waals surface area contributed by atoms with Crippen LogP contribution in [0.3, 0.4) is 0 Å². The fourth-order valence-corrected chi connectivity index (χ4v) is 4.72. The molecule has 2 aromatic rings. The molecule has 132 valence electrons. The van der Waals surface area contributed by atoms with Crippen molar-refractivity contribution in [1.29, 1.82) is 0 Å². The molecule has 0 spiro atoms. The van der Waals surface area contributed by atoms with Crippen molar-refractivity contribution in [2.45, 2.75) is 38.1 Å². The zero-order valence-electron chi connectivity index (χ0n) is 13.9. The fraction of sp³-hybridized carbons (Fsp3) is 0.500. The molecular weight excluding hydrogens is 320 g/mol. The van der Waals surface area contributed by atoms with E-state index < -0.39 is 11.9 Å². The molecule has 2 bridgehead atoms. The summed E-state index contributed by atoms with van der Waals surface area (Å²) in [6.45, 7) is 0. The lowest BCUT2D eigenvalue weighted by Gasteiger charge is -2.42. The average molecular weight is 342 g/mol. The van der Waals surface area contributed by atoms with Crippen LogP contribution in [-0.2, 0) is 4.79 Å². The molecule has 0 aliphatic heterocycles. The summed E-state index contributed by atoms with van der Waals surface area (Å²) < 4.78 is 0. The van der Waals surface area contributed by atoms with E-state index in [2.05, 4.69) is 15.3 Å². The summed E-state index contributed by atoms with van der Waals surface area (Å²) in [4.78, 5) is 30.4. The van der Waals surface area contributed by atoms with Crippen molar-refractivity contribution in [3.05, 3.63) is 24.0 Å². The van der Waals surface area contributed by atoms with Gasteiger partial charge in [0.1, 0.15) is 5.65 Å². The van der Waals surface area contributed by atoms with Gasteiger partial charge >= 0.3 is 5.97 Å². The van der Waals surface area contributed by atoms with E-state index in [4.69, 9.17) is 5.73 Å². The molecule has 25 heavy (non-hydrogen) atoms. The maximum absolute atomic E-state index is 11.8. The third kappa shape index (κ3) is 2.94. The molecule has 2 heterocycles. The highest BCUT2D eigenvalue weighted by Gasteiger charge is 2.38.